The average Bonchev–Trinajstić information content (AvgIpc) is 2.56. The Labute approximate surface area is 99.9 Å². The van der Waals surface area contributed by atoms with Crippen molar-refractivity contribution in [3.05, 3.63) is 16.1 Å². The summed E-state index contributed by atoms with van der Waals surface area (Å²) >= 11 is 3.82. The van der Waals surface area contributed by atoms with Crippen molar-refractivity contribution >= 4 is 23.1 Å². The second kappa shape index (κ2) is 4.85. The van der Waals surface area contributed by atoms with Gasteiger partial charge in [0.2, 0.25) is 0 Å². The zero-order valence-corrected chi connectivity index (χ0v) is 11.0. The molecule has 0 aliphatic heterocycles. The van der Waals surface area contributed by atoms with Crippen LogP contribution in [0.15, 0.2) is 6.20 Å². The minimum atomic E-state index is 0.541. The van der Waals surface area contributed by atoms with Gasteiger partial charge in [-0.1, -0.05) is 6.42 Å². The van der Waals surface area contributed by atoms with Crippen LogP contribution in [0.1, 0.15) is 29.1 Å². The molecule has 0 radical (unpaired) electrons. The third-order valence-electron chi connectivity index (χ3n) is 3.11. The number of nitrogens with one attached hydrogen (secondary N) is 1. The molecule has 0 amide bonds. The smallest absolute Gasteiger partial charge is 0.0897 e. The van der Waals surface area contributed by atoms with E-state index in [9.17, 15) is 0 Å². The van der Waals surface area contributed by atoms with E-state index in [1.165, 1.54) is 24.1 Å². The number of thioether (sulfide) groups is 1. The Morgan fingerprint density at radius 1 is 1.60 bits per heavy atom. The van der Waals surface area contributed by atoms with E-state index in [1.807, 2.05) is 18.0 Å². The minimum Gasteiger partial charge on any atom is -0.310 e. The molecule has 84 valence electrons. The van der Waals surface area contributed by atoms with Crippen LogP contribution in [0.4, 0.5) is 0 Å². The molecule has 1 N–H and O–H groups in total. The van der Waals surface area contributed by atoms with Crippen molar-refractivity contribution in [1.82, 2.24) is 10.3 Å². The molecule has 15 heavy (non-hydrogen) atoms. The van der Waals surface area contributed by atoms with Gasteiger partial charge in [-0.2, -0.15) is 11.8 Å². The van der Waals surface area contributed by atoms with Gasteiger partial charge in [0.15, 0.2) is 0 Å². The van der Waals surface area contributed by atoms with Crippen LogP contribution in [-0.4, -0.2) is 22.5 Å². The van der Waals surface area contributed by atoms with E-state index in [-0.39, 0.29) is 0 Å². The van der Waals surface area contributed by atoms with Gasteiger partial charge < -0.3 is 5.32 Å². The summed E-state index contributed by atoms with van der Waals surface area (Å²) in [5.41, 5.74) is 0. The monoisotopic (exact) mass is 242 g/mol. The van der Waals surface area contributed by atoms with Crippen LogP contribution < -0.4 is 5.32 Å². The van der Waals surface area contributed by atoms with E-state index >= 15 is 0 Å². The molecule has 1 aliphatic rings. The highest BCUT2D eigenvalue weighted by molar-refractivity contribution is 8.00. The number of rotatable bonds is 5. The summed E-state index contributed by atoms with van der Waals surface area (Å²) in [6, 6.07) is 0. The number of nitrogens with zero attached hydrogens (tertiary/aromatic N) is 1. The Hall–Kier alpha value is -0.0600. The molecule has 1 aromatic heterocycles. The SMILES string of the molecule is CSC1(CNCc2cnc(C)s2)CCC1. The molecule has 1 aliphatic carbocycles. The molecule has 0 spiro atoms. The molecule has 1 aromatic rings. The molecule has 2 rings (SSSR count). The predicted molar refractivity (Wildman–Crippen MR) is 68.7 cm³/mol. The largest absolute Gasteiger partial charge is 0.310 e. The van der Waals surface area contributed by atoms with Gasteiger partial charge >= 0.3 is 0 Å². The Balaban J connectivity index is 1.74. The fraction of sp³-hybridized carbons (Fsp3) is 0.727. The molecule has 0 aromatic carbocycles. The molecule has 1 fully saturated rings. The van der Waals surface area contributed by atoms with E-state index in [0.717, 1.165) is 18.1 Å². The number of thiazole rings is 1. The van der Waals surface area contributed by atoms with Crippen LogP contribution in [0, 0.1) is 6.92 Å². The molecule has 0 unspecified atom stereocenters. The maximum Gasteiger partial charge on any atom is 0.0897 e. The second-order valence-electron chi connectivity index (χ2n) is 4.19. The topological polar surface area (TPSA) is 24.9 Å². The Morgan fingerprint density at radius 3 is 2.87 bits per heavy atom. The second-order valence-corrected chi connectivity index (χ2v) is 6.78. The molecule has 2 nitrogen and oxygen atoms in total. The van der Waals surface area contributed by atoms with Gasteiger partial charge in [0.05, 0.1) is 5.01 Å². The summed E-state index contributed by atoms with van der Waals surface area (Å²) in [7, 11) is 0. The van der Waals surface area contributed by atoms with Crippen LogP contribution in [0.2, 0.25) is 0 Å². The van der Waals surface area contributed by atoms with Crippen LogP contribution in [0.5, 0.6) is 0 Å². The zero-order chi connectivity index (χ0) is 10.7. The first-order valence-electron chi connectivity index (χ1n) is 5.41. The molecule has 0 bridgehead atoms. The molecule has 0 saturated heterocycles. The van der Waals surface area contributed by atoms with Crippen molar-refractivity contribution in [1.29, 1.82) is 0 Å². The highest BCUT2D eigenvalue weighted by atomic mass is 32.2. The van der Waals surface area contributed by atoms with Crippen molar-refractivity contribution in [3.8, 4) is 0 Å². The van der Waals surface area contributed by atoms with Crippen LogP contribution in [0.25, 0.3) is 0 Å². The van der Waals surface area contributed by atoms with Gasteiger partial charge in [-0.25, -0.2) is 4.98 Å². The molecule has 0 atom stereocenters. The normalized spacial score (nSPS) is 18.8. The van der Waals surface area contributed by atoms with E-state index in [2.05, 4.69) is 23.5 Å². The first-order valence-corrected chi connectivity index (χ1v) is 7.45. The van der Waals surface area contributed by atoms with Crippen molar-refractivity contribution in [2.75, 3.05) is 12.8 Å². The van der Waals surface area contributed by atoms with Crippen molar-refractivity contribution in [3.63, 3.8) is 0 Å². The number of aryl methyl sites for hydroxylation is 1. The van der Waals surface area contributed by atoms with Gasteiger partial charge in [-0.05, 0) is 26.0 Å². The van der Waals surface area contributed by atoms with E-state index in [1.54, 1.807) is 11.3 Å². The van der Waals surface area contributed by atoms with Crippen molar-refractivity contribution in [2.24, 2.45) is 0 Å². The number of hydrogen-bond acceptors (Lipinski definition) is 4. The lowest BCUT2D eigenvalue weighted by molar-refractivity contribution is 0.346. The number of hydrogen-bond donors (Lipinski definition) is 1. The minimum absolute atomic E-state index is 0.541. The third kappa shape index (κ3) is 2.74. The Kier molecular flexibility index (Phi) is 3.69. The summed E-state index contributed by atoms with van der Waals surface area (Å²) in [6.45, 7) is 4.18. The van der Waals surface area contributed by atoms with Crippen LogP contribution >= 0.6 is 23.1 Å². The maximum absolute atomic E-state index is 4.26. The Morgan fingerprint density at radius 2 is 2.40 bits per heavy atom. The van der Waals surface area contributed by atoms with Crippen molar-refractivity contribution < 1.29 is 0 Å². The lowest BCUT2D eigenvalue weighted by Crippen LogP contribution is -2.43. The lowest BCUT2D eigenvalue weighted by Gasteiger charge is -2.40. The molecular weight excluding hydrogens is 224 g/mol. The third-order valence-corrected chi connectivity index (χ3v) is 5.44. The van der Waals surface area contributed by atoms with E-state index < -0.39 is 0 Å². The summed E-state index contributed by atoms with van der Waals surface area (Å²) < 4.78 is 0.541. The maximum atomic E-state index is 4.26. The highest BCUT2D eigenvalue weighted by Gasteiger charge is 2.35. The van der Waals surface area contributed by atoms with Crippen molar-refractivity contribution in [2.45, 2.75) is 37.5 Å². The first kappa shape index (κ1) is 11.4. The standard InChI is InChI=1S/C11H18N2S2/c1-9-13-7-10(15-9)6-12-8-11(14-2)4-3-5-11/h7,12H,3-6,8H2,1-2H3. The van der Waals surface area contributed by atoms with E-state index in [0.29, 0.717) is 4.75 Å². The zero-order valence-electron chi connectivity index (χ0n) is 9.38. The molecular formula is C11H18N2S2. The lowest BCUT2D eigenvalue weighted by atomic mass is 9.84. The number of aromatic nitrogens is 1. The molecule has 1 heterocycles. The quantitative estimate of drug-likeness (QED) is 0.859. The highest BCUT2D eigenvalue weighted by Crippen LogP contribution is 2.42. The summed E-state index contributed by atoms with van der Waals surface area (Å²) in [5.74, 6) is 0. The van der Waals surface area contributed by atoms with Crippen LogP contribution in [-0.2, 0) is 6.54 Å². The Bertz CT molecular complexity index is 313. The van der Waals surface area contributed by atoms with Gasteiger partial charge in [-0.3, -0.25) is 0 Å². The van der Waals surface area contributed by atoms with Gasteiger partial charge in [-0.15, -0.1) is 11.3 Å². The average molecular weight is 242 g/mol. The van der Waals surface area contributed by atoms with Gasteiger partial charge in [0, 0.05) is 28.9 Å². The van der Waals surface area contributed by atoms with E-state index in [4.69, 9.17) is 0 Å². The molecule has 1 saturated carbocycles. The van der Waals surface area contributed by atoms with Gasteiger partial charge in [0.1, 0.15) is 0 Å². The van der Waals surface area contributed by atoms with Crippen LogP contribution in [0.3, 0.4) is 0 Å². The molecule has 4 heteroatoms. The summed E-state index contributed by atoms with van der Waals surface area (Å²) in [6.07, 6.45) is 8.38. The summed E-state index contributed by atoms with van der Waals surface area (Å²) in [5, 5.41) is 4.72. The van der Waals surface area contributed by atoms with Gasteiger partial charge in [0.25, 0.3) is 0 Å². The first-order chi connectivity index (χ1) is 7.24. The summed E-state index contributed by atoms with van der Waals surface area (Å²) in [4.78, 5) is 5.61. The fourth-order valence-corrected chi connectivity index (χ4v) is 3.63. The fourth-order valence-electron chi connectivity index (χ4n) is 1.92. The predicted octanol–water partition coefficient (Wildman–Crippen LogP) is 2.83.